The van der Waals surface area contributed by atoms with Crippen molar-refractivity contribution in [3.8, 4) is 0 Å². The Labute approximate surface area is 98.6 Å². The van der Waals surface area contributed by atoms with Gasteiger partial charge in [-0.3, -0.25) is 4.68 Å². The molecular formula is C10H18BrN3O. The summed E-state index contributed by atoms with van der Waals surface area (Å²) in [5.41, 5.74) is 4.99. The summed E-state index contributed by atoms with van der Waals surface area (Å²) in [4.78, 5) is 0. The molecule has 0 aliphatic carbocycles. The van der Waals surface area contributed by atoms with Crippen molar-refractivity contribution in [3.05, 3.63) is 16.4 Å². The maximum absolute atomic E-state index is 10.7. The molecule has 0 aromatic carbocycles. The average Bonchev–Trinajstić information content (AvgIpc) is 2.43. The molecule has 0 spiro atoms. The summed E-state index contributed by atoms with van der Waals surface area (Å²) >= 11 is 3.39. The number of aryl methyl sites for hydroxylation is 1. The van der Waals surface area contributed by atoms with Crippen LogP contribution in [0.1, 0.15) is 26.5 Å². The number of nitrogens with two attached hydrogens (primary N) is 1. The zero-order valence-electron chi connectivity index (χ0n) is 9.58. The zero-order valence-corrected chi connectivity index (χ0v) is 11.2. The van der Waals surface area contributed by atoms with Crippen LogP contribution in [0.25, 0.3) is 0 Å². The first-order valence-electron chi connectivity index (χ1n) is 4.84. The van der Waals surface area contributed by atoms with Crippen LogP contribution in [0.15, 0.2) is 10.7 Å². The molecule has 15 heavy (non-hydrogen) atoms. The number of nitrogens with zero attached hydrogens (tertiary/aromatic N) is 2. The van der Waals surface area contributed by atoms with Crippen molar-refractivity contribution in [2.45, 2.75) is 26.4 Å². The SMILES string of the molecule is Cn1ncc(Br)c1C(O)(CN)C(C)(C)C. The van der Waals surface area contributed by atoms with Gasteiger partial charge in [-0.1, -0.05) is 20.8 Å². The van der Waals surface area contributed by atoms with Crippen LogP contribution in [0.2, 0.25) is 0 Å². The highest BCUT2D eigenvalue weighted by Gasteiger charge is 2.44. The van der Waals surface area contributed by atoms with Crippen LogP contribution in [0.4, 0.5) is 0 Å². The third kappa shape index (κ3) is 1.96. The van der Waals surface area contributed by atoms with Crippen molar-refractivity contribution in [2.75, 3.05) is 6.54 Å². The summed E-state index contributed by atoms with van der Waals surface area (Å²) in [6, 6.07) is 0. The van der Waals surface area contributed by atoms with E-state index in [1.165, 1.54) is 0 Å². The summed E-state index contributed by atoms with van der Waals surface area (Å²) in [6.45, 7) is 6.03. The number of hydrogen-bond acceptors (Lipinski definition) is 3. The van der Waals surface area contributed by atoms with Crippen LogP contribution in [0, 0.1) is 5.41 Å². The van der Waals surface area contributed by atoms with E-state index in [0.29, 0.717) is 0 Å². The van der Waals surface area contributed by atoms with E-state index in [1.807, 2.05) is 20.8 Å². The number of halogens is 1. The Morgan fingerprint density at radius 2 is 2.07 bits per heavy atom. The lowest BCUT2D eigenvalue weighted by Crippen LogP contribution is -2.47. The molecule has 0 radical (unpaired) electrons. The molecule has 1 heterocycles. The highest BCUT2D eigenvalue weighted by atomic mass is 79.9. The van der Waals surface area contributed by atoms with Gasteiger partial charge in [0.05, 0.1) is 16.4 Å². The van der Waals surface area contributed by atoms with E-state index in [2.05, 4.69) is 21.0 Å². The fourth-order valence-corrected chi connectivity index (χ4v) is 2.31. The van der Waals surface area contributed by atoms with Gasteiger partial charge in [0.1, 0.15) is 5.60 Å². The van der Waals surface area contributed by atoms with Crippen LogP contribution in [0.3, 0.4) is 0 Å². The summed E-state index contributed by atoms with van der Waals surface area (Å²) in [6.07, 6.45) is 1.67. The molecule has 4 nitrogen and oxygen atoms in total. The zero-order chi connectivity index (χ0) is 11.9. The third-order valence-electron chi connectivity index (χ3n) is 2.82. The van der Waals surface area contributed by atoms with Gasteiger partial charge in [0.2, 0.25) is 0 Å². The molecule has 5 heteroatoms. The second-order valence-corrected chi connectivity index (χ2v) is 5.63. The highest BCUT2D eigenvalue weighted by molar-refractivity contribution is 9.10. The van der Waals surface area contributed by atoms with Gasteiger partial charge in [0, 0.05) is 13.6 Å². The maximum Gasteiger partial charge on any atom is 0.124 e. The molecular weight excluding hydrogens is 258 g/mol. The smallest absolute Gasteiger partial charge is 0.124 e. The van der Waals surface area contributed by atoms with Crippen molar-refractivity contribution in [1.29, 1.82) is 0 Å². The van der Waals surface area contributed by atoms with E-state index < -0.39 is 5.60 Å². The quantitative estimate of drug-likeness (QED) is 0.857. The van der Waals surface area contributed by atoms with E-state index in [-0.39, 0.29) is 12.0 Å². The summed E-state index contributed by atoms with van der Waals surface area (Å²) in [5, 5.41) is 14.8. The van der Waals surface area contributed by atoms with Gasteiger partial charge in [-0.2, -0.15) is 5.10 Å². The summed E-state index contributed by atoms with van der Waals surface area (Å²) in [5.74, 6) is 0. The molecule has 0 aliphatic heterocycles. The Morgan fingerprint density at radius 3 is 2.33 bits per heavy atom. The predicted octanol–water partition coefficient (Wildman–Crippen LogP) is 1.38. The average molecular weight is 276 g/mol. The molecule has 0 saturated heterocycles. The Balaban J connectivity index is 3.36. The minimum Gasteiger partial charge on any atom is -0.382 e. The topological polar surface area (TPSA) is 64.1 Å². The van der Waals surface area contributed by atoms with E-state index in [4.69, 9.17) is 5.73 Å². The number of hydrogen-bond donors (Lipinski definition) is 2. The largest absolute Gasteiger partial charge is 0.382 e. The molecule has 0 saturated carbocycles. The van der Waals surface area contributed by atoms with Crippen molar-refractivity contribution >= 4 is 15.9 Å². The Hall–Kier alpha value is -0.390. The second kappa shape index (κ2) is 3.88. The lowest BCUT2D eigenvalue weighted by atomic mass is 9.74. The number of aliphatic hydroxyl groups is 1. The van der Waals surface area contributed by atoms with Gasteiger partial charge in [0.25, 0.3) is 0 Å². The first-order chi connectivity index (χ1) is 6.74. The van der Waals surface area contributed by atoms with Gasteiger partial charge < -0.3 is 10.8 Å². The standard InChI is InChI=1S/C10H18BrN3O/c1-9(2,3)10(15,6-12)8-7(11)5-13-14(8)4/h5,15H,6,12H2,1-4H3. The Kier molecular flexibility index (Phi) is 3.28. The van der Waals surface area contributed by atoms with Crippen LogP contribution in [-0.2, 0) is 12.6 Å². The maximum atomic E-state index is 10.7. The lowest BCUT2D eigenvalue weighted by molar-refractivity contribution is -0.0626. The van der Waals surface area contributed by atoms with Gasteiger partial charge in [0.15, 0.2) is 0 Å². The van der Waals surface area contributed by atoms with Gasteiger partial charge in [-0.15, -0.1) is 0 Å². The molecule has 0 aliphatic rings. The molecule has 1 unspecified atom stereocenters. The molecule has 0 bridgehead atoms. The van der Waals surface area contributed by atoms with Gasteiger partial charge in [-0.05, 0) is 21.3 Å². The van der Waals surface area contributed by atoms with Crippen molar-refractivity contribution < 1.29 is 5.11 Å². The lowest BCUT2D eigenvalue weighted by Gasteiger charge is -2.39. The predicted molar refractivity (Wildman–Crippen MR) is 63.3 cm³/mol. The van der Waals surface area contributed by atoms with Gasteiger partial charge in [-0.25, -0.2) is 0 Å². The van der Waals surface area contributed by atoms with Crippen molar-refractivity contribution in [2.24, 2.45) is 18.2 Å². The molecule has 0 amide bonds. The van der Waals surface area contributed by atoms with Crippen molar-refractivity contribution in [1.82, 2.24) is 9.78 Å². The Bertz CT molecular complexity index is 337. The molecule has 1 atom stereocenters. The number of aromatic nitrogens is 2. The minimum absolute atomic E-state index is 0.161. The summed E-state index contributed by atoms with van der Waals surface area (Å²) in [7, 11) is 1.80. The second-order valence-electron chi connectivity index (χ2n) is 4.78. The van der Waals surface area contributed by atoms with Crippen molar-refractivity contribution in [3.63, 3.8) is 0 Å². The molecule has 86 valence electrons. The molecule has 0 fully saturated rings. The Morgan fingerprint density at radius 1 is 1.53 bits per heavy atom. The fourth-order valence-electron chi connectivity index (χ4n) is 1.63. The van der Waals surface area contributed by atoms with Crippen LogP contribution >= 0.6 is 15.9 Å². The van der Waals surface area contributed by atoms with Crippen LogP contribution < -0.4 is 5.73 Å². The molecule has 1 aromatic heterocycles. The van der Waals surface area contributed by atoms with E-state index in [0.717, 1.165) is 10.2 Å². The van der Waals surface area contributed by atoms with E-state index >= 15 is 0 Å². The van der Waals surface area contributed by atoms with Crippen LogP contribution in [-0.4, -0.2) is 21.4 Å². The van der Waals surface area contributed by atoms with Gasteiger partial charge >= 0.3 is 0 Å². The molecule has 3 N–H and O–H groups in total. The molecule has 1 aromatic rings. The van der Waals surface area contributed by atoms with E-state index in [9.17, 15) is 5.11 Å². The first kappa shape index (κ1) is 12.7. The normalized spacial score (nSPS) is 16.5. The first-order valence-corrected chi connectivity index (χ1v) is 5.64. The third-order valence-corrected chi connectivity index (χ3v) is 3.40. The fraction of sp³-hybridized carbons (Fsp3) is 0.700. The number of rotatable bonds is 2. The van der Waals surface area contributed by atoms with E-state index in [1.54, 1.807) is 17.9 Å². The monoisotopic (exact) mass is 275 g/mol. The highest BCUT2D eigenvalue weighted by Crippen LogP contribution is 2.40. The summed E-state index contributed by atoms with van der Waals surface area (Å²) < 4.78 is 2.44. The van der Waals surface area contributed by atoms with Crippen LogP contribution in [0.5, 0.6) is 0 Å². The minimum atomic E-state index is -1.09. The molecule has 1 rings (SSSR count).